The number of carbonyl (C=O) groups is 6. The van der Waals surface area contributed by atoms with Crippen molar-refractivity contribution in [3.05, 3.63) is 0 Å². The van der Waals surface area contributed by atoms with Gasteiger partial charge in [-0.15, -0.1) is 0 Å². The Hall–Kier alpha value is -3.26. The molecule has 0 aliphatic carbocycles. The molecular formula is C20H37N7O7. The first-order valence-corrected chi connectivity index (χ1v) is 11.0. The standard InChI is InChI=1S/C20H37N7O7/c1-10(22)17(30)27-13(16(23)29)7-8-15(28)26-14(6-4-5-9-21)19(32)24-11(2)18(31)25-12(3)20(33)34/h10-14H,4-9,21-22H2,1-3H3,(H2,23,29)(H,24,32)(H,25,31)(H,26,28)(H,27,30)(H,33,34)/t10-,11+,12+,13+,14-/m0/s1. The zero-order valence-electron chi connectivity index (χ0n) is 19.8. The van der Waals surface area contributed by atoms with Gasteiger partial charge in [-0.2, -0.15) is 0 Å². The number of carboxylic acids is 1. The van der Waals surface area contributed by atoms with Gasteiger partial charge in [0.05, 0.1) is 6.04 Å². The summed E-state index contributed by atoms with van der Waals surface area (Å²) in [6.07, 6.45) is 1.01. The van der Waals surface area contributed by atoms with E-state index in [2.05, 4.69) is 21.3 Å². The highest BCUT2D eigenvalue weighted by atomic mass is 16.4. The van der Waals surface area contributed by atoms with Gasteiger partial charge in [0.25, 0.3) is 0 Å². The van der Waals surface area contributed by atoms with Gasteiger partial charge in [-0.3, -0.25) is 28.8 Å². The number of hydrogen-bond donors (Lipinski definition) is 8. The van der Waals surface area contributed by atoms with Crippen molar-refractivity contribution in [1.29, 1.82) is 0 Å². The van der Waals surface area contributed by atoms with E-state index in [1.165, 1.54) is 20.8 Å². The van der Waals surface area contributed by atoms with E-state index in [-0.39, 0.29) is 19.3 Å². The maximum Gasteiger partial charge on any atom is 0.325 e. The molecule has 5 amide bonds. The highest BCUT2D eigenvalue weighted by molar-refractivity contribution is 5.93. The molecule has 0 bridgehead atoms. The van der Waals surface area contributed by atoms with Crippen LogP contribution in [0, 0.1) is 0 Å². The van der Waals surface area contributed by atoms with Crippen LogP contribution in [0.5, 0.6) is 0 Å². The number of nitrogens with two attached hydrogens (primary N) is 3. The SMILES string of the molecule is C[C@H](N)C(=O)N[C@H](CCC(=O)N[C@@H](CCCCN)C(=O)N[C@H](C)C(=O)N[C@H](C)C(=O)O)C(N)=O. The third-order valence-electron chi connectivity index (χ3n) is 4.81. The molecule has 0 spiro atoms. The Balaban J connectivity index is 5.05. The van der Waals surface area contributed by atoms with Crippen LogP contribution in [0.4, 0.5) is 0 Å². The lowest BCUT2D eigenvalue weighted by atomic mass is 10.1. The average Bonchev–Trinajstić information content (AvgIpc) is 2.74. The second-order valence-electron chi connectivity index (χ2n) is 7.99. The number of carbonyl (C=O) groups excluding carboxylic acids is 5. The molecule has 0 aliphatic heterocycles. The first kappa shape index (κ1) is 30.7. The summed E-state index contributed by atoms with van der Waals surface area (Å²) >= 11 is 0. The average molecular weight is 488 g/mol. The highest BCUT2D eigenvalue weighted by Gasteiger charge is 2.27. The number of aliphatic carboxylic acids is 1. The molecule has 0 fully saturated rings. The molecule has 14 nitrogen and oxygen atoms in total. The molecular weight excluding hydrogens is 450 g/mol. The molecule has 0 rings (SSSR count). The molecule has 0 aromatic carbocycles. The van der Waals surface area contributed by atoms with E-state index in [0.717, 1.165) is 0 Å². The maximum absolute atomic E-state index is 12.7. The van der Waals surface area contributed by atoms with Crippen LogP contribution in [0.25, 0.3) is 0 Å². The van der Waals surface area contributed by atoms with E-state index in [1.807, 2.05) is 0 Å². The van der Waals surface area contributed by atoms with Crippen molar-refractivity contribution in [2.24, 2.45) is 17.2 Å². The molecule has 34 heavy (non-hydrogen) atoms. The molecule has 5 atom stereocenters. The van der Waals surface area contributed by atoms with Crippen LogP contribution in [0.2, 0.25) is 0 Å². The Morgan fingerprint density at radius 1 is 0.765 bits per heavy atom. The largest absolute Gasteiger partial charge is 0.480 e. The quantitative estimate of drug-likeness (QED) is 0.102. The number of amides is 5. The summed E-state index contributed by atoms with van der Waals surface area (Å²) in [5.74, 6) is -4.60. The molecule has 11 N–H and O–H groups in total. The second kappa shape index (κ2) is 15.6. The van der Waals surface area contributed by atoms with Crippen LogP contribution in [-0.4, -0.2) is 77.4 Å². The Kier molecular flexibility index (Phi) is 14.1. The molecule has 0 saturated heterocycles. The molecule has 0 radical (unpaired) electrons. The minimum atomic E-state index is -1.23. The minimum absolute atomic E-state index is 0.108. The smallest absolute Gasteiger partial charge is 0.325 e. The van der Waals surface area contributed by atoms with E-state index < -0.39 is 65.7 Å². The molecule has 0 aromatic rings. The van der Waals surface area contributed by atoms with E-state index in [4.69, 9.17) is 22.3 Å². The van der Waals surface area contributed by atoms with Gasteiger partial charge in [0.2, 0.25) is 29.5 Å². The van der Waals surface area contributed by atoms with Crippen molar-refractivity contribution in [3.8, 4) is 0 Å². The summed E-state index contributed by atoms with van der Waals surface area (Å²) in [5.41, 5.74) is 16.2. The van der Waals surface area contributed by atoms with Gasteiger partial charge in [-0.1, -0.05) is 0 Å². The minimum Gasteiger partial charge on any atom is -0.480 e. The predicted octanol–water partition coefficient (Wildman–Crippen LogP) is -3.21. The van der Waals surface area contributed by atoms with Crippen molar-refractivity contribution in [2.75, 3.05) is 6.54 Å². The van der Waals surface area contributed by atoms with Crippen LogP contribution < -0.4 is 38.5 Å². The van der Waals surface area contributed by atoms with E-state index in [0.29, 0.717) is 19.4 Å². The Bertz CT molecular complexity index is 745. The van der Waals surface area contributed by atoms with Gasteiger partial charge >= 0.3 is 5.97 Å². The van der Waals surface area contributed by atoms with Crippen LogP contribution >= 0.6 is 0 Å². The van der Waals surface area contributed by atoms with Crippen LogP contribution in [0.15, 0.2) is 0 Å². The van der Waals surface area contributed by atoms with Crippen LogP contribution in [0.3, 0.4) is 0 Å². The molecule has 0 saturated carbocycles. The topological polar surface area (TPSA) is 249 Å². The number of nitrogens with one attached hydrogen (secondary N) is 4. The lowest BCUT2D eigenvalue weighted by Gasteiger charge is -2.22. The maximum atomic E-state index is 12.7. The number of carboxylic acid groups (broad SMARTS) is 1. The van der Waals surface area contributed by atoms with Crippen LogP contribution in [0.1, 0.15) is 52.9 Å². The summed E-state index contributed by atoms with van der Waals surface area (Å²) in [6.45, 7) is 4.46. The fraction of sp³-hybridized carbons (Fsp3) is 0.700. The second-order valence-corrected chi connectivity index (χ2v) is 7.99. The van der Waals surface area contributed by atoms with Gasteiger partial charge in [-0.25, -0.2) is 0 Å². The summed E-state index contributed by atoms with van der Waals surface area (Å²) < 4.78 is 0. The van der Waals surface area contributed by atoms with Gasteiger partial charge in [0.1, 0.15) is 24.2 Å². The summed E-state index contributed by atoms with van der Waals surface area (Å²) in [5, 5.41) is 18.5. The molecule has 0 aliphatic rings. The lowest BCUT2D eigenvalue weighted by molar-refractivity contribution is -0.141. The first-order chi connectivity index (χ1) is 15.8. The monoisotopic (exact) mass is 487 g/mol. The third-order valence-corrected chi connectivity index (χ3v) is 4.81. The Labute approximate surface area is 198 Å². The van der Waals surface area contributed by atoms with Gasteiger partial charge in [0, 0.05) is 6.42 Å². The number of primary amides is 1. The van der Waals surface area contributed by atoms with Gasteiger partial charge in [0.15, 0.2) is 0 Å². The van der Waals surface area contributed by atoms with Crippen molar-refractivity contribution >= 4 is 35.5 Å². The van der Waals surface area contributed by atoms with Crippen molar-refractivity contribution in [1.82, 2.24) is 21.3 Å². The first-order valence-electron chi connectivity index (χ1n) is 11.0. The zero-order chi connectivity index (χ0) is 26.4. The summed E-state index contributed by atoms with van der Waals surface area (Å²) in [4.78, 5) is 71.3. The van der Waals surface area contributed by atoms with E-state index in [1.54, 1.807) is 0 Å². The van der Waals surface area contributed by atoms with Gasteiger partial charge < -0.3 is 43.6 Å². The molecule has 0 unspecified atom stereocenters. The predicted molar refractivity (Wildman–Crippen MR) is 122 cm³/mol. The fourth-order valence-electron chi connectivity index (χ4n) is 2.67. The van der Waals surface area contributed by atoms with E-state index in [9.17, 15) is 28.8 Å². The molecule has 194 valence electrons. The van der Waals surface area contributed by atoms with Crippen molar-refractivity contribution in [2.45, 2.75) is 83.1 Å². The van der Waals surface area contributed by atoms with Crippen LogP contribution in [-0.2, 0) is 28.8 Å². The van der Waals surface area contributed by atoms with E-state index >= 15 is 0 Å². The molecule has 0 aromatic heterocycles. The number of rotatable bonds is 16. The Morgan fingerprint density at radius 2 is 1.35 bits per heavy atom. The number of hydrogen-bond acceptors (Lipinski definition) is 8. The molecule has 14 heteroatoms. The molecule has 0 heterocycles. The van der Waals surface area contributed by atoms with Crippen molar-refractivity contribution in [3.63, 3.8) is 0 Å². The Morgan fingerprint density at radius 3 is 1.85 bits per heavy atom. The van der Waals surface area contributed by atoms with Crippen molar-refractivity contribution < 1.29 is 33.9 Å². The normalized spacial score (nSPS) is 15.1. The lowest BCUT2D eigenvalue weighted by Crippen LogP contribution is -2.54. The summed E-state index contributed by atoms with van der Waals surface area (Å²) in [7, 11) is 0. The highest BCUT2D eigenvalue weighted by Crippen LogP contribution is 2.04. The third kappa shape index (κ3) is 12.1. The fourth-order valence-corrected chi connectivity index (χ4v) is 2.67. The summed E-state index contributed by atoms with van der Waals surface area (Å²) in [6, 6.07) is -5.20. The number of unbranched alkanes of at least 4 members (excludes halogenated alkanes) is 1. The zero-order valence-corrected chi connectivity index (χ0v) is 19.8. The van der Waals surface area contributed by atoms with Gasteiger partial charge in [-0.05, 0) is 53.0 Å².